The second kappa shape index (κ2) is 4.09. The molecule has 0 fully saturated rings. The Labute approximate surface area is 54.9 Å². The van der Waals surface area contributed by atoms with Crippen molar-refractivity contribution in [2.24, 2.45) is 10.9 Å². The van der Waals surface area contributed by atoms with E-state index >= 15 is 0 Å². The van der Waals surface area contributed by atoms with Gasteiger partial charge in [0.15, 0.2) is 0 Å². The molecule has 0 aliphatic carbocycles. The smallest absolute Gasteiger partial charge is 0.0880 e. The number of nitrogens with zero attached hydrogens (tertiary/aromatic N) is 1. The predicted molar refractivity (Wildman–Crippen MR) is 38.1 cm³/mol. The number of hydrazone groups is 1. The van der Waals surface area contributed by atoms with Gasteiger partial charge in [-0.25, -0.2) is 0 Å². The highest BCUT2D eigenvalue weighted by atomic mass is 16.3. The lowest BCUT2D eigenvalue weighted by Crippen LogP contribution is -2.08. The number of hydrogen-bond acceptors (Lipinski definition) is 3. The van der Waals surface area contributed by atoms with Gasteiger partial charge in [-0.3, -0.25) is 0 Å². The fraction of sp³-hybridized carbons (Fsp3) is 0.500. The Bertz CT molecular complexity index is 138. The Morgan fingerprint density at radius 2 is 2.33 bits per heavy atom. The number of rotatable bonds is 2. The van der Waals surface area contributed by atoms with Gasteiger partial charge in [-0.15, -0.1) is 0 Å². The molecule has 3 N–H and O–H groups in total. The maximum Gasteiger partial charge on any atom is 0.0880 e. The van der Waals surface area contributed by atoms with Crippen molar-refractivity contribution in [2.75, 3.05) is 6.61 Å². The topological polar surface area (TPSA) is 58.6 Å². The summed E-state index contributed by atoms with van der Waals surface area (Å²) in [6.45, 7) is 3.63. The lowest BCUT2D eigenvalue weighted by atomic mass is 10.2. The van der Waals surface area contributed by atoms with Gasteiger partial charge in [-0.05, 0) is 19.4 Å². The zero-order chi connectivity index (χ0) is 7.28. The zero-order valence-corrected chi connectivity index (χ0v) is 5.76. The number of aliphatic hydroxyl groups excluding tert-OH is 1. The normalized spacial score (nSPS) is 14.1. The van der Waals surface area contributed by atoms with Crippen LogP contribution in [0.2, 0.25) is 0 Å². The average Bonchev–Trinajstić information content (AvgIpc) is 1.90. The molecule has 0 saturated heterocycles. The van der Waals surface area contributed by atoms with Gasteiger partial charge in [0.2, 0.25) is 0 Å². The zero-order valence-electron chi connectivity index (χ0n) is 5.76. The van der Waals surface area contributed by atoms with Crippen molar-refractivity contribution < 1.29 is 5.11 Å². The summed E-state index contributed by atoms with van der Waals surface area (Å²) in [5, 5.41) is 12.0. The van der Waals surface area contributed by atoms with Crippen LogP contribution in [0.3, 0.4) is 0 Å². The minimum Gasteiger partial charge on any atom is -0.390 e. The van der Waals surface area contributed by atoms with Crippen LogP contribution in [0.15, 0.2) is 16.8 Å². The Kier molecular flexibility index (Phi) is 3.71. The molecule has 3 nitrogen and oxygen atoms in total. The molecule has 52 valence electrons. The first-order valence-corrected chi connectivity index (χ1v) is 2.77. The second-order valence-corrected chi connectivity index (χ2v) is 1.71. The summed E-state index contributed by atoms with van der Waals surface area (Å²) in [4.78, 5) is 0. The molecular formula is C6H12N2O. The molecular weight excluding hydrogens is 116 g/mol. The third kappa shape index (κ3) is 2.28. The third-order valence-electron chi connectivity index (χ3n) is 1.19. The first-order chi connectivity index (χ1) is 4.26. The molecule has 0 radical (unpaired) electrons. The second-order valence-electron chi connectivity index (χ2n) is 1.71. The summed E-state index contributed by atoms with van der Waals surface area (Å²) in [5.74, 6) is 4.95. The van der Waals surface area contributed by atoms with Gasteiger partial charge >= 0.3 is 0 Å². The first kappa shape index (κ1) is 8.17. The van der Waals surface area contributed by atoms with Crippen molar-refractivity contribution in [3.63, 3.8) is 0 Å². The van der Waals surface area contributed by atoms with Crippen molar-refractivity contribution >= 4 is 5.71 Å². The molecule has 0 aliphatic rings. The number of aliphatic hydroxyl groups is 1. The molecule has 0 heterocycles. The number of hydrogen-bond donors (Lipinski definition) is 2. The van der Waals surface area contributed by atoms with E-state index in [1.165, 1.54) is 0 Å². The van der Waals surface area contributed by atoms with Crippen LogP contribution < -0.4 is 5.84 Å². The molecule has 3 heteroatoms. The van der Waals surface area contributed by atoms with E-state index in [1.54, 1.807) is 0 Å². The molecule has 0 bridgehead atoms. The maximum absolute atomic E-state index is 8.58. The van der Waals surface area contributed by atoms with E-state index in [9.17, 15) is 0 Å². The fourth-order valence-electron chi connectivity index (χ4n) is 0.434. The molecule has 0 saturated carbocycles. The highest BCUT2D eigenvalue weighted by Crippen LogP contribution is 1.93. The Morgan fingerprint density at radius 1 is 1.78 bits per heavy atom. The minimum absolute atomic E-state index is 0.0906. The van der Waals surface area contributed by atoms with Crippen molar-refractivity contribution in [1.29, 1.82) is 0 Å². The van der Waals surface area contributed by atoms with E-state index in [4.69, 9.17) is 10.9 Å². The molecule has 9 heavy (non-hydrogen) atoms. The largest absolute Gasteiger partial charge is 0.390 e. The van der Waals surface area contributed by atoms with E-state index in [0.29, 0.717) is 5.71 Å². The van der Waals surface area contributed by atoms with Crippen LogP contribution in [0.1, 0.15) is 13.8 Å². The van der Waals surface area contributed by atoms with Crippen LogP contribution in [0.5, 0.6) is 0 Å². The lowest BCUT2D eigenvalue weighted by Gasteiger charge is -1.97. The van der Waals surface area contributed by atoms with Gasteiger partial charge in [-0.1, -0.05) is 6.08 Å². The highest BCUT2D eigenvalue weighted by Gasteiger charge is 1.95. The average molecular weight is 128 g/mol. The molecule has 0 aromatic carbocycles. The first-order valence-electron chi connectivity index (χ1n) is 2.77. The summed E-state index contributed by atoms with van der Waals surface area (Å²) in [7, 11) is 0. The van der Waals surface area contributed by atoms with Crippen LogP contribution in [-0.4, -0.2) is 17.4 Å². The van der Waals surface area contributed by atoms with Crippen molar-refractivity contribution in [1.82, 2.24) is 0 Å². The van der Waals surface area contributed by atoms with Crippen molar-refractivity contribution in [3.05, 3.63) is 11.6 Å². The van der Waals surface area contributed by atoms with Gasteiger partial charge in [0, 0.05) is 0 Å². The summed E-state index contributed by atoms with van der Waals surface area (Å²) < 4.78 is 0. The molecule has 0 aliphatic heterocycles. The Balaban J connectivity index is 4.14. The molecule has 0 aromatic rings. The predicted octanol–water partition coefficient (Wildman–Crippen LogP) is 0.260. The Morgan fingerprint density at radius 3 is 2.44 bits per heavy atom. The van der Waals surface area contributed by atoms with Crippen LogP contribution in [0.25, 0.3) is 0 Å². The molecule has 0 unspecified atom stereocenters. The molecule has 0 aromatic heterocycles. The van der Waals surface area contributed by atoms with Crippen LogP contribution in [0.4, 0.5) is 0 Å². The van der Waals surface area contributed by atoms with E-state index < -0.39 is 0 Å². The number of allylic oxidation sites excluding steroid dienone is 1. The molecule has 0 atom stereocenters. The summed E-state index contributed by atoms with van der Waals surface area (Å²) in [5.41, 5.74) is 1.46. The SMILES string of the molecule is C/C=C(C)\C(CO)=N/N. The van der Waals surface area contributed by atoms with Gasteiger partial charge in [0.25, 0.3) is 0 Å². The van der Waals surface area contributed by atoms with Crippen LogP contribution in [0, 0.1) is 0 Å². The Hall–Kier alpha value is -0.830. The maximum atomic E-state index is 8.58. The summed E-state index contributed by atoms with van der Waals surface area (Å²) in [6.07, 6.45) is 1.85. The fourth-order valence-corrected chi connectivity index (χ4v) is 0.434. The highest BCUT2D eigenvalue weighted by molar-refractivity contribution is 6.00. The van der Waals surface area contributed by atoms with E-state index in [2.05, 4.69) is 5.10 Å². The summed E-state index contributed by atoms with van der Waals surface area (Å²) >= 11 is 0. The van der Waals surface area contributed by atoms with E-state index in [-0.39, 0.29) is 6.61 Å². The van der Waals surface area contributed by atoms with Gasteiger partial charge < -0.3 is 10.9 Å². The lowest BCUT2D eigenvalue weighted by molar-refractivity contribution is 0.357. The molecule has 0 spiro atoms. The monoisotopic (exact) mass is 128 g/mol. The van der Waals surface area contributed by atoms with E-state index in [1.807, 2.05) is 19.9 Å². The van der Waals surface area contributed by atoms with Crippen molar-refractivity contribution in [2.45, 2.75) is 13.8 Å². The van der Waals surface area contributed by atoms with Crippen molar-refractivity contribution in [3.8, 4) is 0 Å². The van der Waals surface area contributed by atoms with Crippen LogP contribution >= 0.6 is 0 Å². The van der Waals surface area contributed by atoms with Gasteiger partial charge in [-0.2, -0.15) is 5.10 Å². The summed E-state index contributed by atoms with van der Waals surface area (Å²) in [6, 6.07) is 0. The van der Waals surface area contributed by atoms with Crippen LogP contribution in [-0.2, 0) is 0 Å². The number of nitrogens with two attached hydrogens (primary N) is 1. The molecule has 0 rings (SSSR count). The van der Waals surface area contributed by atoms with Gasteiger partial charge in [0.1, 0.15) is 0 Å². The standard InChI is InChI=1S/C6H12N2O/c1-3-5(2)6(4-9)8-7/h3,9H,4,7H2,1-2H3/b5-3-,8-6-. The van der Waals surface area contributed by atoms with Gasteiger partial charge in [0.05, 0.1) is 12.3 Å². The third-order valence-corrected chi connectivity index (χ3v) is 1.19. The molecule has 0 amide bonds. The van der Waals surface area contributed by atoms with E-state index in [0.717, 1.165) is 5.57 Å². The quantitative estimate of drug-likeness (QED) is 0.318. The minimum atomic E-state index is -0.0906.